The van der Waals surface area contributed by atoms with E-state index >= 15 is 0 Å². The third-order valence-corrected chi connectivity index (χ3v) is 8.33. The summed E-state index contributed by atoms with van der Waals surface area (Å²) in [6, 6.07) is 13.4. The van der Waals surface area contributed by atoms with Crippen molar-refractivity contribution in [3.8, 4) is 11.8 Å². The lowest BCUT2D eigenvalue weighted by Crippen LogP contribution is -2.48. The molecule has 0 saturated heterocycles. The molecule has 1 N–H and O–H groups in total. The molecule has 4 fully saturated rings. The van der Waals surface area contributed by atoms with Gasteiger partial charge in [0.05, 0.1) is 0 Å². The standard InChI is InChI=1S/C29H35N3O/c1-18(2)31-28(33)25(17-30)13-24-9-19(3)32(20(24)4)27-7-5-26(6-8-27)29-14-21-10-22(15-29)12-23(11-21)16-29/h5-9,13,18,21-23H,10-12,14-16H2,1-4H3,(H,31,33)/b25-13-. The van der Waals surface area contributed by atoms with Crippen molar-refractivity contribution in [3.05, 3.63) is 58.4 Å². The zero-order valence-electron chi connectivity index (χ0n) is 20.3. The molecule has 33 heavy (non-hydrogen) atoms. The van der Waals surface area contributed by atoms with Crippen LogP contribution in [0.3, 0.4) is 0 Å². The zero-order chi connectivity index (χ0) is 23.3. The number of aromatic nitrogens is 1. The maximum absolute atomic E-state index is 12.4. The molecular formula is C29H35N3O. The predicted molar refractivity (Wildman–Crippen MR) is 132 cm³/mol. The minimum absolute atomic E-state index is 0.00540. The van der Waals surface area contributed by atoms with Gasteiger partial charge in [-0.3, -0.25) is 4.79 Å². The lowest BCUT2D eigenvalue weighted by Gasteiger charge is -2.57. The fourth-order valence-electron chi connectivity index (χ4n) is 7.40. The van der Waals surface area contributed by atoms with Crippen LogP contribution < -0.4 is 5.32 Å². The molecule has 4 aliphatic rings. The number of hydrogen-bond donors (Lipinski definition) is 1. The van der Waals surface area contributed by atoms with Gasteiger partial charge in [0.1, 0.15) is 11.6 Å². The maximum Gasteiger partial charge on any atom is 0.262 e. The molecule has 4 heteroatoms. The lowest BCUT2D eigenvalue weighted by molar-refractivity contribution is -0.117. The fourth-order valence-corrected chi connectivity index (χ4v) is 7.40. The Morgan fingerprint density at radius 3 is 2.18 bits per heavy atom. The SMILES string of the molecule is Cc1cc(/C=C(/C#N)C(=O)NC(C)C)c(C)n1-c1ccc(C23CC4CC(CC(C4)C2)C3)cc1. The Bertz CT molecular complexity index is 1110. The van der Waals surface area contributed by atoms with Gasteiger partial charge in [0.15, 0.2) is 0 Å². The average molecular weight is 442 g/mol. The number of carbonyl (C=O) groups excluding carboxylic acids is 1. The van der Waals surface area contributed by atoms with Crippen LogP contribution in [0.25, 0.3) is 11.8 Å². The minimum Gasteiger partial charge on any atom is -0.349 e. The Morgan fingerprint density at radius 2 is 1.67 bits per heavy atom. The van der Waals surface area contributed by atoms with Crippen LogP contribution in [0.1, 0.15) is 74.9 Å². The first-order valence-electron chi connectivity index (χ1n) is 12.5. The van der Waals surface area contributed by atoms with Crippen LogP contribution in [0, 0.1) is 42.9 Å². The number of hydrogen-bond acceptors (Lipinski definition) is 2. The molecule has 6 rings (SSSR count). The van der Waals surface area contributed by atoms with Gasteiger partial charge in [0.25, 0.3) is 5.91 Å². The van der Waals surface area contributed by atoms with Crippen molar-refractivity contribution >= 4 is 12.0 Å². The summed E-state index contributed by atoms with van der Waals surface area (Å²) in [5.74, 6) is 2.52. The quantitative estimate of drug-likeness (QED) is 0.457. The third kappa shape index (κ3) is 3.92. The van der Waals surface area contributed by atoms with E-state index in [-0.39, 0.29) is 17.5 Å². The summed E-state index contributed by atoms with van der Waals surface area (Å²) in [7, 11) is 0. The number of benzene rings is 1. The highest BCUT2D eigenvalue weighted by Gasteiger charge is 2.51. The summed E-state index contributed by atoms with van der Waals surface area (Å²) < 4.78 is 2.23. The summed E-state index contributed by atoms with van der Waals surface area (Å²) in [5, 5.41) is 12.3. The van der Waals surface area contributed by atoms with Crippen LogP contribution in [0.5, 0.6) is 0 Å². The monoisotopic (exact) mass is 441 g/mol. The Labute approximate surface area is 197 Å². The number of rotatable bonds is 5. The van der Waals surface area contributed by atoms with Crippen molar-refractivity contribution in [1.82, 2.24) is 9.88 Å². The number of nitriles is 1. The van der Waals surface area contributed by atoms with Crippen molar-refractivity contribution < 1.29 is 4.79 Å². The third-order valence-electron chi connectivity index (χ3n) is 8.33. The Kier molecular flexibility index (Phi) is 5.47. The van der Waals surface area contributed by atoms with Gasteiger partial charge in [0, 0.05) is 23.1 Å². The van der Waals surface area contributed by atoms with Gasteiger partial charge in [-0.15, -0.1) is 0 Å². The summed E-state index contributed by atoms with van der Waals surface area (Å²) >= 11 is 0. The molecule has 4 aliphatic carbocycles. The highest BCUT2D eigenvalue weighted by atomic mass is 16.1. The summed E-state index contributed by atoms with van der Waals surface area (Å²) in [5.41, 5.74) is 6.28. The Balaban J connectivity index is 1.43. The minimum atomic E-state index is -0.322. The van der Waals surface area contributed by atoms with Gasteiger partial charge in [-0.1, -0.05) is 12.1 Å². The van der Waals surface area contributed by atoms with Crippen molar-refractivity contribution in [1.29, 1.82) is 5.26 Å². The van der Waals surface area contributed by atoms with Gasteiger partial charge < -0.3 is 9.88 Å². The molecule has 0 aliphatic heterocycles. The van der Waals surface area contributed by atoms with Gasteiger partial charge in [-0.05, 0) is 125 Å². The predicted octanol–water partition coefficient (Wildman–Crippen LogP) is 5.99. The molecule has 4 nitrogen and oxygen atoms in total. The van der Waals surface area contributed by atoms with E-state index in [1.54, 1.807) is 6.08 Å². The van der Waals surface area contributed by atoms with E-state index in [4.69, 9.17) is 0 Å². The molecule has 0 unspecified atom stereocenters. The first-order valence-corrected chi connectivity index (χ1v) is 12.5. The second kappa shape index (κ2) is 8.20. The molecule has 1 aromatic heterocycles. The highest BCUT2D eigenvalue weighted by molar-refractivity contribution is 6.02. The van der Waals surface area contributed by atoms with Crippen molar-refractivity contribution in [3.63, 3.8) is 0 Å². The summed E-state index contributed by atoms with van der Waals surface area (Å²) in [6.45, 7) is 7.93. The van der Waals surface area contributed by atoms with Gasteiger partial charge >= 0.3 is 0 Å². The fraction of sp³-hybridized carbons (Fsp3) is 0.517. The van der Waals surface area contributed by atoms with E-state index in [9.17, 15) is 10.1 Å². The maximum atomic E-state index is 12.4. The van der Waals surface area contributed by atoms with Gasteiger partial charge in [0.2, 0.25) is 0 Å². The number of nitrogens with zero attached hydrogens (tertiary/aromatic N) is 2. The molecule has 0 atom stereocenters. The van der Waals surface area contributed by atoms with Crippen LogP contribution >= 0.6 is 0 Å². The molecule has 4 bridgehead atoms. The molecule has 2 aromatic rings. The largest absolute Gasteiger partial charge is 0.349 e. The first kappa shape index (κ1) is 22.0. The molecule has 1 amide bonds. The van der Waals surface area contributed by atoms with Gasteiger partial charge in [-0.25, -0.2) is 0 Å². The number of aryl methyl sites for hydroxylation is 1. The van der Waals surface area contributed by atoms with Crippen LogP contribution in [0.2, 0.25) is 0 Å². The second-order valence-electron chi connectivity index (χ2n) is 11.2. The smallest absolute Gasteiger partial charge is 0.262 e. The number of amides is 1. The highest BCUT2D eigenvalue weighted by Crippen LogP contribution is 2.60. The lowest BCUT2D eigenvalue weighted by atomic mass is 9.48. The second-order valence-corrected chi connectivity index (χ2v) is 11.2. The zero-order valence-corrected chi connectivity index (χ0v) is 20.3. The molecule has 0 radical (unpaired) electrons. The van der Waals surface area contributed by atoms with Crippen LogP contribution in [0.4, 0.5) is 0 Å². The summed E-state index contributed by atoms with van der Waals surface area (Å²) in [6.07, 6.45) is 10.2. The molecule has 1 heterocycles. The molecule has 1 aromatic carbocycles. The van der Waals surface area contributed by atoms with E-state index in [2.05, 4.69) is 60.1 Å². The number of nitrogens with one attached hydrogen (secondary N) is 1. The van der Waals surface area contributed by atoms with E-state index in [1.165, 1.54) is 44.1 Å². The van der Waals surface area contributed by atoms with Crippen molar-refractivity contribution in [2.75, 3.05) is 0 Å². The van der Waals surface area contributed by atoms with E-state index in [0.717, 1.165) is 40.4 Å². The molecule has 4 saturated carbocycles. The molecule has 0 spiro atoms. The number of carbonyl (C=O) groups is 1. The van der Waals surface area contributed by atoms with E-state index < -0.39 is 0 Å². The normalized spacial score (nSPS) is 28.2. The van der Waals surface area contributed by atoms with E-state index in [1.807, 2.05) is 13.8 Å². The van der Waals surface area contributed by atoms with Gasteiger partial charge in [-0.2, -0.15) is 5.26 Å². The van der Waals surface area contributed by atoms with Crippen LogP contribution in [0.15, 0.2) is 35.9 Å². The average Bonchev–Trinajstić information content (AvgIpc) is 3.03. The van der Waals surface area contributed by atoms with E-state index in [0.29, 0.717) is 5.41 Å². The van der Waals surface area contributed by atoms with Crippen molar-refractivity contribution in [2.24, 2.45) is 17.8 Å². The topological polar surface area (TPSA) is 57.8 Å². The Morgan fingerprint density at radius 1 is 1.09 bits per heavy atom. The van der Waals surface area contributed by atoms with Crippen LogP contribution in [-0.4, -0.2) is 16.5 Å². The van der Waals surface area contributed by atoms with Crippen molar-refractivity contribution in [2.45, 2.75) is 77.7 Å². The van der Waals surface area contributed by atoms with Crippen LogP contribution in [-0.2, 0) is 10.2 Å². The summed E-state index contributed by atoms with van der Waals surface area (Å²) in [4.78, 5) is 12.4. The first-order chi connectivity index (χ1) is 15.8. The molecule has 172 valence electrons. The Hall–Kier alpha value is -2.80. The molecular weight excluding hydrogens is 406 g/mol.